The third-order valence-corrected chi connectivity index (χ3v) is 5.74. The van der Waals surface area contributed by atoms with Gasteiger partial charge < -0.3 is 20.0 Å². The zero-order valence-electron chi connectivity index (χ0n) is 16.4. The highest BCUT2D eigenvalue weighted by Crippen LogP contribution is 2.24. The number of hydrogen-bond donors (Lipinski definition) is 2. The molecule has 26 heavy (non-hydrogen) atoms. The Balaban J connectivity index is 1.43. The van der Waals surface area contributed by atoms with E-state index in [2.05, 4.69) is 38.4 Å². The van der Waals surface area contributed by atoms with Crippen LogP contribution < -0.4 is 10.6 Å². The molecular formula is C20H35N5O. The van der Waals surface area contributed by atoms with Crippen LogP contribution >= 0.6 is 0 Å². The number of nitrogens with one attached hydrogen (secondary N) is 2. The van der Waals surface area contributed by atoms with E-state index in [0.29, 0.717) is 0 Å². The van der Waals surface area contributed by atoms with Crippen LogP contribution in [0.3, 0.4) is 0 Å². The Kier molecular flexibility index (Phi) is 7.38. The van der Waals surface area contributed by atoms with Crippen LogP contribution in [-0.2, 0) is 0 Å². The van der Waals surface area contributed by atoms with E-state index in [9.17, 15) is 0 Å². The average Bonchev–Trinajstić information content (AvgIpc) is 3.36. The molecule has 3 heterocycles. The minimum Gasteiger partial charge on any atom is -0.468 e. The fourth-order valence-electron chi connectivity index (χ4n) is 3.98. The van der Waals surface area contributed by atoms with E-state index in [1.54, 1.807) is 6.26 Å². The molecule has 0 radical (unpaired) electrons. The smallest absolute Gasteiger partial charge is 0.191 e. The summed E-state index contributed by atoms with van der Waals surface area (Å²) >= 11 is 0. The highest BCUT2D eigenvalue weighted by atomic mass is 16.3. The van der Waals surface area contributed by atoms with Gasteiger partial charge in [-0.25, -0.2) is 0 Å². The monoisotopic (exact) mass is 361 g/mol. The summed E-state index contributed by atoms with van der Waals surface area (Å²) in [4.78, 5) is 9.45. The fraction of sp³-hybridized carbons (Fsp3) is 0.750. The first-order chi connectivity index (χ1) is 12.8. The predicted octanol–water partition coefficient (Wildman–Crippen LogP) is 2.31. The lowest BCUT2D eigenvalue weighted by Gasteiger charge is -2.30. The number of guanidine groups is 1. The molecule has 6 nitrogen and oxygen atoms in total. The second-order valence-corrected chi connectivity index (χ2v) is 7.68. The highest BCUT2D eigenvalue weighted by molar-refractivity contribution is 5.79. The Morgan fingerprint density at radius 3 is 2.65 bits per heavy atom. The van der Waals surface area contributed by atoms with Gasteiger partial charge in [-0.15, -0.1) is 0 Å². The van der Waals surface area contributed by atoms with Gasteiger partial charge in [-0.3, -0.25) is 9.89 Å². The summed E-state index contributed by atoms with van der Waals surface area (Å²) in [6.45, 7) is 9.93. The summed E-state index contributed by atoms with van der Waals surface area (Å²) in [6, 6.07) is 4.33. The van der Waals surface area contributed by atoms with Crippen LogP contribution in [-0.4, -0.2) is 68.6 Å². The molecule has 2 aliphatic heterocycles. The van der Waals surface area contributed by atoms with Crippen LogP contribution in [0, 0.1) is 5.92 Å². The van der Waals surface area contributed by atoms with Crippen molar-refractivity contribution in [1.82, 2.24) is 20.4 Å². The van der Waals surface area contributed by atoms with Crippen LogP contribution in [0.2, 0.25) is 0 Å². The normalized spacial score (nSPS) is 21.8. The lowest BCUT2D eigenvalue weighted by molar-refractivity contribution is 0.195. The molecule has 0 spiro atoms. The first-order valence-corrected chi connectivity index (χ1v) is 10.2. The summed E-state index contributed by atoms with van der Waals surface area (Å²) in [5.74, 6) is 2.81. The van der Waals surface area contributed by atoms with Crippen LogP contribution in [0.5, 0.6) is 0 Å². The maximum atomic E-state index is 5.69. The third-order valence-electron chi connectivity index (χ3n) is 5.74. The molecule has 146 valence electrons. The van der Waals surface area contributed by atoms with Crippen molar-refractivity contribution in [3.63, 3.8) is 0 Å². The lowest BCUT2D eigenvalue weighted by Crippen LogP contribution is -2.45. The first-order valence-electron chi connectivity index (χ1n) is 10.2. The van der Waals surface area contributed by atoms with Crippen molar-refractivity contribution in [3.05, 3.63) is 24.2 Å². The quantitative estimate of drug-likeness (QED) is 0.577. The molecule has 1 aromatic heterocycles. The van der Waals surface area contributed by atoms with Gasteiger partial charge in [-0.1, -0.05) is 6.92 Å². The zero-order chi connectivity index (χ0) is 18.2. The zero-order valence-corrected chi connectivity index (χ0v) is 16.4. The second kappa shape index (κ2) is 9.97. The van der Waals surface area contributed by atoms with Crippen molar-refractivity contribution < 1.29 is 4.42 Å². The Morgan fingerprint density at radius 1 is 1.23 bits per heavy atom. The van der Waals surface area contributed by atoms with Gasteiger partial charge >= 0.3 is 0 Å². The molecule has 0 aliphatic carbocycles. The van der Waals surface area contributed by atoms with Crippen LogP contribution in [0.1, 0.15) is 44.4 Å². The number of hydrogen-bond acceptors (Lipinski definition) is 4. The van der Waals surface area contributed by atoms with E-state index in [-0.39, 0.29) is 6.04 Å². The SMILES string of the molecule is CN=C(NCCN1CCC(C)CC1)NCC(c1ccco1)N1CCCC1. The summed E-state index contributed by atoms with van der Waals surface area (Å²) in [6.07, 6.45) is 6.98. The van der Waals surface area contributed by atoms with E-state index in [1.807, 2.05) is 13.1 Å². The summed E-state index contributed by atoms with van der Waals surface area (Å²) < 4.78 is 5.69. The fourth-order valence-corrected chi connectivity index (χ4v) is 3.98. The molecule has 2 saturated heterocycles. The number of furan rings is 1. The molecular weight excluding hydrogens is 326 g/mol. The Morgan fingerprint density at radius 2 is 2.00 bits per heavy atom. The van der Waals surface area contributed by atoms with E-state index in [4.69, 9.17) is 4.42 Å². The molecule has 6 heteroatoms. The summed E-state index contributed by atoms with van der Waals surface area (Å²) in [7, 11) is 1.84. The van der Waals surface area contributed by atoms with Crippen molar-refractivity contribution in [2.45, 2.75) is 38.6 Å². The Hall–Kier alpha value is -1.53. The molecule has 2 aliphatic rings. The molecule has 1 atom stereocenters. The minimum atomic E-state index is 0.273. The number of aliphatic imine (C=N–C) groups is 1. The second-order valence-electron chi connectivity index (χ2n) is 7.68. The molecule has 2 fully saturated rings. The molecule has 0 bridgehead atoms. The Labute approximate surface area is 158 Å². The summed E-state index contributed by atoms with van der Waals surface area (Å²) in [5, 5.41) is 6.97. The Bertz CT molecular complexity index is 530. The molecule has 1 unspecified atom stereocenters. The van der Waals surface area contributed by atoms with E-state index < -0.39 is 0 Å². The lowest BCUT2D eigenvalue weighted by atomic mass is 9.99. The molecule has 1 aromatic rings. The molecule has 0 saturated carbocycles. The highest BCUT2D eigenvalue weighted by Gasteiger charge is 2.25. The molecule has 0 aromatic carbocycles. The predicted molar refractivity (Wildman–Crippen MR) is 106 cm³/mol. The van der Waals surface area contributed by atoms with E-state index in [0.717, 1.165) is 50.4 Å². The minimum absolute atomic E-state index is 0.273. The van der Waals surface area contributed by atoms with Crippen molar-refractivity contribution in [3.8, 4) is 0 Å². The number of likely N-dealkylation sites (tertiary alicyclic amines) is 2. The summed E-state index contributed by atoms with van der Waals surface area (Å²) in [5.41, 5.74) is 0. The van der Waals surface area contributed by atoms with Gasteiger partial charge in [0.05, 0.1) is 12.3 Å². The maximum absolute atomic E-state index is 5.69. The van der Waals surface area contributed by atoms with Gasteiger partial charge in [-0.2, -0.15) is 0 Å². The maximum Gasteiger partial charge on any atom is 0.191 e. The average molecular weight is 362 g/mol. The number of nitrogens with zero attached hydrogens (tertiary/aromatic N) is 3. The van der Waals surface area contributed by atoms with Gasteiger partial charge in [0.15, 0.2) is 5.96 Å². The van der Waals surface area contributed by atoms with Crippen molar-refractivity contribution >= 4 is 5.96 Å². The van der Waals surface area contributed by atoms with Crippen molar-refractivity contribution in [2.75, 3.05) is 52.9 Å². The van der Waals surface area contributed by atoms with Gasteiger partial charge in [0.2, 0.25) is 0 Å². The van der Waals surface area contributed by atoms with Gasteiger partial charge in [0, 0.05) is 26.7 Å². The topological polar surface area (TPSA) is 56.0 Å². The number of piperidine rings is 1. The molecule has 2 N–H and O–H groups in total. The van der Waals surface area contributed by atoms with Crippen LogP contribution in [0.4, 0.5) is 0 Å². The van der Waals surface area contributed by atoms with Crippen LogP contribution in [0.15, 0.2) is 27.8 Å². The largest absolute Gasteiger partial charge is 0.468 e. The molecule has 0 amide bonds. The van der Waals surface area contributed by atoms with Crippen LogP contribution in [0.25, 0.3) is 0 Å². The standard InChI is InChI=1S/C20H35N5O/c1-17-7-12-24(13-8-17)14-9-22-20(21-2)23-16-18(19-6-5-15-26-19)25-10-3-4-11-25/h5-6,15,17-18H,3-4,7-14,16H2,1-2H3,(H2,21,22,23). The first kappa shape index (κ1) is 19.2. The number of rotatable bonds is 7. The van der Waals surface area contributed by atoms with Gasteiger partial charge in [0.1, 0.15) is 5.76 Å². The van der Waals surface area contributed by atoms with E-state index >= 15 is 0 Å². The van der Waals surface area contributed by atoms with Gasteiger partial charge in [0.25, 0.3) is 0 Å². The third kappa shape index (κ3) is 5.48. The van der Waals surface area contributed by atoms with Crippen molar-refractivity contribution in [2.24, 2.45) is 10.9 Å². The van der Waals surface area contributed by atoms with Crippen molar-refractivity contribution in [1.29, 1.82) is 0 Å². The molecule has 3 rings (SSSR count). The van der Waals surface area contributed by atoms with E-state index in [1.165, 1.54) is 38.8 Å². The van der Waals surface area contributed by atoms with Gasteiger partial charge in [-0.05, 0) is 69.9 Å².